The lowest BCUT2D eigenvalue weighted by atomic mass is 9.83. The first-order valence-corrected chi connectivity index (χ1v) is 4.70. The van der Waals surface area contributed by atoms with Crippen LogP contribution in [0.15, 0.2) is 6.20 Å². The molecule has 0 aliphatic carbocycles. The molecule has 0 bridgehead atoms. The van der Waals surface area contributed by atoms with E-state index in [2.05, 4.69) is 30.9 Å². The molecule has 2 heterocycles. The predicted octanol–water partition coefficient (Wildman–Crippen LogP) is 1.14. The molecule has 0 N–H and O–H groups in total. The van der Waals surface area contributed by atoms with Crippen LogP contribution >= 0.6 is 0 Å². The van der Waals surface area contributed by atoms with Crippen LogP contribution < -0.4 is 0 Å². The molecule has 1 aliphatic rings. The number of hydrogen-bond donors (Lipinski definition) is 0. The molecule has 0 radical (unpaired) electrons. The minimum atomic E-state index is 0.230. The van der Waals surface area contributed by atoms with Gasteiger partial charge in [-0.15, -0.1) is 0 Å². The summed E-state index contributed by atoms with van der Waals surface area (Å²) in [5.74, 6) is 0. The Morgan fingerprint density at radius 2 is 2.08 bits per heavy atom. The van der Waals surface area contributed by atoms with E-state index >= 15 is 0 Å². The summed E-state index contributed by atoms with van der Waals surface area (Å²) in [4.78, 5) is 2.35. The lowest BCUT2D eigenvalue weighted by molar-refractivity contribution is 0.228. The molecule has 3 nitrogen and oxygen atoms in total. The molecule has 1 aliphatic heterocycles. The Morgan fingerprint density at radius 1 is 1.38 bits per heavy atom. The van der Waals surface area contributed by atoms with Gasteiger partial charge in [-0.2, -0.15) is 5.10 Å². The zero-order valence-corrected chi connectivity index (χ0v) is 8.83. The lowest BCUT2D eigenvalue weighted by Crippen LogP contribution is -2.40. The maximum absolute atomic E-state index is 4.32. The fraction of sp³-hybridized carbons (Fsp3) is 0.700. The van der Waals surface area contributed by atoms with Crippen molar-refractivity contribution in [3.8, 4) is 0 Å². The van der Waals surface area contributed by atoms with E-state index in [1.54, 1.807) is 0 Å². The van der Waals surface area contributed by atoms with Crippen molar-refractivity contribution in [2.45, 2.75) is 25.8 Å². The smallest absolute Gasteiger partial charge is 0.0537 e. The van der Waals surface area contributed by atoms with E-state index in [0.717, 1.165) is 13.1 Å². The van der Waals surface area contributed by atoms with Gasteiger partial charge >= 0.3 is 0 Å². The third kappa shape index (κ3) is 1.27. The number of fused-ring (bicyclic) bond motifs is 1. The highest BCUT2D eigenvalue weighted by molar-refractivity contribution is 5.28. The van der Waals surface area contributed by atoms with E-state index in [1.807, 2.05) is 17.9 Å². The van der Waals surface area contributed by atoms with Crippen LogP contribution in [-0.2, 0) is 19.0 Å². The summed E-state index contributed by atoms with van der Waals surface area (Å²) in [5.41, 5.74) is 3.00. The Labute approximate surface area is 79.3 Å². The molecular formula is C10H17N3. The summed E-state index contributed by atoms with van der Waals surface area (Å²) < 4.78 is 2.02. The van der Waals surface area contributed by atoms with Crippen LogP contribution in [0.4, 0.5) is 0 Å². The fourth-order valence-corrected chi connectivity index (χ4v) is 2.57. The van der Waals surface area contributed by atoms with Crippen molar-refractivity contribution < 1.29 is 0 Å². The van der Waals surface area contributed by atoms with Crippen molar-refractivity contribution >= 4 is 0 Å². The maximum atomic E-state index is 4.32. The summed E-state index contributed by atoms with van der Waals surface area (Å²) >= 11 is 0. The van der Waals surface area contributed by atoms with Gasteiger partial charge in [-0.1, -0.05) is 13.8 Å². The zero-order chi connectivity index (χ0) is 9.64. The normalized spacial score (nSPS) is 21.5. The van der Waals surface area contributed by atoms with Gasteiger partial charge in [0.15, 0.2) is 0 Å². The van der Waals surface area contributed by atoms with Crippen LogP contribution in [0.25, 0.3) is 0 Å². The van der Waals surface area contributed by atoms with E-state index in [0.29, 0.717) is 0 Å². The number of aryl methyl sites for hydroxylation is 1. The number of nitrogens with zero attached hydrogens (tertiary/aromatic N) is 3. The summed E-state index contributed by atoms with van der Waals surface area (Å²) in [7, 11) is 4.20. The van der Waals surface area contributed by atoms with Gasteiger partial charge in [0.05, 0.1) is 6.20 Å². The summed E-state index contributed by atoms with van der Waals surface area (Å²) in [6.45, 7) is 6.71. The van der Waals surface area contributed by atoms with Crippen molar-refractivity contribution in [1.82, 2.24) is 14.7 Å². The molecule has 0 atom stereocenters. The Hall–Kier alpha value is -0.830. The standard InChI is InChI=1S/C10H17N3/c1-10(2)7-12(3)6-8-5-11-13(4)9(8)10/h5H,6-7H2,1-4H3. The molecule has 3 heteroatoms. The van der Waals surface area contributed by atoms with Crippen molar-refractivity contribution in [2.24, 2.45) is 7.05 Å². The average molecular weight is 179 g/mol. The van der Waals surface area contributed by atoms with Gasteiger partial charge in [0, 0.05) is 36.8 Å². The van der Waals surface area contributed by atoms with Crippen LogP contribution in [0, 0.1) is 0 Å². The Balaban J connectivity index is 2.53. The molecule has 0 amide bonds. The minimum absolute atomic E-state index is 0.230. The van der Waals surface area contributed by atoms with Crippen molar-refractivity contribution in [1.29, 1.82) is 0 Å². The Bertz CT molecular complexity index is 325. The molecule has 0 unspecified atom stereocenters. The maximum Gasteiger partial charge on any atom is 0.0537 e. The molecule has 0 spiro atoms. The molecule has 72 valence electrons. The van der Waals surface area contributed by atoms with Crippen LogP contribution in [0.5, 0.6) is 0 Å². The fourth-order valence-electron chi connectivity index (χ4n) is 2.57. The molecule has 0 aromatic carbocycles. The van der Waals surface area contributed by atoms with Crippen LogP contribution in [-0.4, -0.2) is 28.3 Å². The first-order chi connectivity index (χ1) is 6.00. The lowest BCUT2D eigenvalue weighted by Gasteiger charge is -2.36. The van der Waals surface area contributed by atoms with E-state index in [1.165, 1.54) is 11.3 Å². The molecule has 0 fully saturated rings. The van der Waals surface area contributed by atoms with Gasteiger partial charge in [-0.25, -0.2) is 0 Å². The van der Waals surface area contributed by atoms with Crippen LogP contribution in [0.2, 0.25) is 0 Å². The highest BCUT2D eigenvalue weighted by Crippen LogP contribution is 2.31. The molecule has 2 rings (SSSR count). The molecule has 1 aromatic rings. The third-order valence-electron chi connectivity index (χ3n) is 2.76. The second-order valence-corrected chi connectivity index (χ2v) is 4.70. The molecule has 0 saturated carbocycles. The summed E-state index contributed by atoms with van der Waals surface area (Å²) in [6, 6.07) is 0. The van der Waals surface area contributed by atoms with Gasteiger partial charge in [-0.3, -0.25) is 4.68 Å². The first-order valence-electron chi connectivity index (χ1n) is 4.70. The van der Waals surface area contributed by atoms with Gasteiger partial charge in [0.25, 0.3) is 0 Å². The number of likely N-dealkylation sites (N-methyl/N-ethyl adjacent to an activating group) is 1. The third-order valence-corrected chi connectivity index (χ3v) is 2.76. The minimum Gasteiger partial charge on any atom is -0.301 e. The monoisotopic (exact) mass is 179 g/mol. The van der Waals surface area contributed by atoms with Crippen molar-refractivity contribution in [2.75, 3.05) is 13.6 Å². The number of hydrogen-bond acceptors (Lipinski definition) is 2. The average Bonchev–Trinajstić information content (AvgIpc) is 2.29. The SMILES string of the molecule is CN1Cc2cnn(C)c2C(C)(C)C1. The summed E-state index contributed by atoms with van der Waals surface area (Å²) in [6.07, 6.45) is 1.99. The number of aromatic nitrogens is 2. The molecule has 13 heavy (non-hydrogen) atoms. The molecular weight excluding hydrogens is 162 g/mol. The molecule has 0 saturated heterocycles. The van der Waals surface area contributed by atoms with E-state index < -0.39 is 0 Å². The molecule has 1 aromatic heterocycles. The van der Waals surface area contributed by atoms with Crippen molar-refractivity contribution in [3.05, 3.63) is 17.5 Å². The van der Waals surface area contributed by atoms with Gasteiger partial charge in [0.2, 0.25) is 0 Å². The second kappa shape index (κ2) is 2.58. The summed E-state index contributed by atoms with van der Waals surface area (Å²) in [5, 5.41) is 4.32. The largest absolute Gasteiger partial charge is 0.301 e. The van der Waals surface area contributed by atoms with E-state index in [-0.39, 0.29) is 5.41 Å². The second-order valence-electron chi connectivity index (χ2n) is 4.70. The van der Waals surface area contributed by atoms with Gasteiger partial charge in [-0.05, 0) is 7.05 Å². The quantitative estimate of drug-likeness (QED) is 0.595. The van der Waals surface area contributed by atoms with E-state index in [4.69, 9.17) is 0 Å². The Morgan fingerprint density at radius 3 is 2.77 bits per heavy atom. The zero-order valence-electron chi connectivity index (χ0n) is 8.83. The highest BCUT2D eigenvalue weighted by Gasteiger charge is 2.33. The number of rotatable bonds is 0. The predicted molar refractivity (Wildman–Crippen MR) is 52.6 cm³/mol. The topological polar surface area (TPSA) is 21.1 Å². The van der Waals surface area contributed by atoms with E-state index in [9.17, 15) is 0 Å². The van der Waals surface area contributed by atoms with Gasteiger partial charge < -0.3 is 4.90 Å². The highest BCUT2D eigenvalue weighted by atomic mass is 15.3. The Kier molecular flexibility index (Phi) is 1.74. The van der Waals surface area contributed by atoms with Gasteiger partial charge in [0.1, 0.15) is 0 Å². The van der Waals surface area contributed by atoms with Crippen LogP contribution in [0.1, 0.15) is 25.1 Å². The first kappa shape index (κ1) is 8.75. The van der Waals surface area contributed by atoms with Crippen LogP contribution in [0.3, 0.4) is 0 Å². The van der Waals surface area contributed by atoms with Crippen molar-refractivity contribution in [3.63, 3.8) is 0 Å².